The topological polar surface area (TPSA) is 33.1 Å². The fraction of sp³-hybridized carbons (Fsp3) is 0.615. The van der Waals surface area contributed by atoms with Crippen molar-refractivity contribution in [1.29, 1.82) is 0 Å². The smallest absolute Gasteiger partial charge is 0.147 e. The van der Waals surface area contributed by atoms with Crippen LogP contribution in [0.15, 0.2) is 18.5 Å². The Morgan fingerprint density at radius 2 is 2.19 bits per heavy atom. The van der Waals surface area contributed by atoms with E-state index in [1.165, 1.54) is 31.9 Å². The maximum Gasteiger partial charge on any atom is 0.147 e. The van der Waals surface area contributed by atoms with Gasteiger partial charge >= 0.3 is 0 Å². The lowest BCUT2D eigenvalue weighted by Crippen LogP contribution is -2.04. The molecule has 0 bridgehead atoms. The van der Waals surface area contributed by atoms with Gasteiger partial charge in [-0.25, -0.2) is 4.39 Å². The molecule has 1 saturated carbocycles. The highest BCUT2D eigenvalue weighted by molar-refractivity contribution is 5.15. The minimum Gasteiger partial charge on any atom is -0.388 e. The molecule has 16 heavy (non-hydrogen) atoms. The van der Waals surface area contributed by atoms with Gasteiger partial charge in [-0.1, -0.05) is 25.7 Å². The van der Waals surface area contributed by atoms with Crippen molar-refractivity contribution in [2.45, 2.75) is 44.6 Å². The van der Waals surface area contributed by atoms with Gasteiger partial charge < -0.3 is 5.11 Å². The number of aromatic nitrogens is 1. The van der Waals surface area contributed by atoms with Gasteiger partial charge in [0, 0.05) is 11.8 Å². The lowest BCUT2D eigenvalue weighted by molar-refractivity contribution is 0.152. The molecule has 1 unspecified atom stereocenters. The first-order chi connectivity index (χ1) is 7.77. The molecule has 3 heteroatoms. The Labute approximate surface area is 95.5 Å². The van der Waals surface area contributed by atoms with Gasteiger partial charge in [-0.2, -0.15) is 0 Å². The highest BCUT2D eigenvalue weighted by atomic mass is 19.1. The first-order valence-corrected chi connectivity index (χ1v) is 6.05. The van der Waals surface area contributed by atoms with Crippen LogP contribution < -0.4 is 0 Å². The summed E-state index contributed by atoms with van der Waals surface area (Å²) in [5.74, 6) is 0.334. The molecule has 2 rings (SSSR count). The van der Waals surface area contributed by atoms with Crippen molar-refractivity contribution < 1.29 is 9.50 Å². The monoisotopic (exact) mass is 223 g/mol. The molecule has 1 aromatic heterocycles. The Kier molecular flexibility index (Phi) is 3.88. The number of nitrogens with zero attached hydrogens (tertiary/aromatic N) is 1. The van der Waals surface area contributed by atoms with E-state index in [4.69, 9.17) is 0 Å². The summed E-state index contributed by atoms with van der Waals surface area (Å²) in [5, 5.41) is 9.89. The zero-order chi connectivity index (χ0) is 11.4. The maximum atomic E-state index is 13.3. The van der Waals surface area contributed by atoms with Gasteiger partial charge in [0.25, 0.3) is 0 Å². The molecule has 1 aliphatic rings. The largest absolute Gasteiger partial charge is 0.388 e. The normalized spacial score (nSPS) is 18.9. The van der Waals surface area contributed by atoms with E-state index in [0.717, 1.165) is 18.5 Å². The molecule has 1 fully saturated rings. The Hall–Kier alpha value is -0.960. The third-order valence-corrected chi connectivity index (χ3v) is 3.49. The highest BCUT2D eigenvalue weighted by Crippen LogP contribution is 2.31. The summed E-state index contributed by atoms with van der Waals surface area (Å²) in [5.41, 5.74) is 0.382. The second kappa shape index (κ2) is 5.39. The maximum absolute atomic E-state index is 13.3. The summed E-state index contributed by atoms with van der Waals surface area (Å²) >= 11 is 0. The fourth-order valence-corrected chi connectivity index (χ4v) is 2.50. The molecular weight excluding hydrogens is 205 g/mol. The van der Waals surface area contributed by atoms with Crippen molar-refractivity contribution in [2.24, 2.45) is 5.92 Å². The van der Waals surface area contributed by atoms with Crippen LogP contribution in [0.1, 0.15) is 50.2 Å². The molecule has 0 radical (unpaired) electrons. The van der Waals surface area contributed by atoms with E-state index in [1.807, 2.05) is 0 Å². The number of halogens is 1. The lowest BCUT2D eigenvalue weighted by atomic mass is 9.97. The molecule has 0 aromatic carbocycles. The van der Waals surface area contributed by atoms with Crippen LogP contribution in [0.5, 0.6) is 0 Å². The van der Waals surface area contributed by atoms with E-state index in [0.29, 0.717) is 12.0 Å². The second-order valence-electron chi connectivity index (χ2n) is 4.64. The lowest BCUT2D eigenvalue weighted by Gasteiger charge is -2.14. The van der Waals surface area contributed by atoms with Crippen LogP contribution in [-0.4, -0.2) is 10.1 Å². The summed E-state index contributed by atoms with van der Waals surface area (Å²) < 4.78 is 13.3. The minimum atomic E-state index is -0.677. The summed E-state index contributed by atoms with van der Waals surface area (Å²) in [6.45, 7) is 0. The summed E-state index contributed by atoms with van der Waals surface area (Å²) in [6, 6.07) is 1.56. The molecule has 0 aliphatic heterocycles. The van der Waals surface area contributed by atoms with E-state index < -0.39 is 11.9 Å². The number of hydrogen-bond donors (Lipinski definition) is 1. The molecule has 1 atom stereocenters. The van der Waals surface area contributed by atoms with Crippen molar-refractivity contribution in [2.75, 3.05) is 0 Å². The summed E-state index contributed by atoms with van der Waals surface area (Å²) in [7, 11) is 0. The van der Waals surface area contributed by atoms with Crippen LogP contribution in [0.3, 0.4) is 0 Å². The van der Waals surface area contributed by atoms with Crippen molar-refractivity contribution in [1.82, 2.24) is 4.98 Å². The molecule has 1 aliphatic carbocycles. The van der Waals surface area contributed by atoms with E-state index >= 15 is 0 Å². The quantitative estimate of drug-likeness (QED) is 0.850. The van der Waals surface area contributed by atoms with Gasteiger partial charge in [-0.05, 0) is 24.8 Å². The highest BCUT2D eigenvalue weighted by Gasteiger charge is 2.18. The van der Waals surface area contributed by atoms with Crippen LogP contribution in [0.2, 0.25) is 0 Å². The Bertz CT molecular complexity index is 336. The van der Waals surface area contributed by atoms with Gasteiger partial charge in [0.2, 0.25) is 0 Å². The molecule has 88 valence electrons. The van der Waals surface area contributed by atoms with E-state index in [-0.39, 0.29) is 0 Å². The van der Waals surface area contributed by atoms with Gasteiger partial charge in [0.15, 0.2) is 0 Å². The van der Waals surface area contributed by atoms with Crippen molar-refractivity contribution in [3.63, 3.8) is 0 Å². The zero-order valence-electron chi connectivity index (χ0n) is 9.40. The van der Waals surface area contributed by atoms with E-state index in [9.17, 15) is 9.50 Å². The minimum absolute atomic E-state index is 0.382. The Morgan fingerprint density at radius 1 is 1.44 bits per heavy atom. The Balaban J connectivity index is 1.87. The molecule has 0 spiro atoms. The summed E-state index contributed by atoms with van der Waals surface area (Å²) in [4.78, 5) is 3.68. The molecule has 2 nitrogen and oxygen atoms in total. The van der Waals surface area contributed by atoms with Crippen molar-refractivity contribution >= 4 is 0 Å². The summed E-state index contributed by atoms with van der Waals surface area (Å²) in [6.07, 6.45) is 8.83. The number of pyridine rings is 1. The van der Waals surface area contributed by atoms with Gasteiger partial charge in [0.05, 0.1) is 12.3 Å². The third-order valence-electron chi connectivity index (χ3n) is 3.49. The number of rotatable bonds is 4. The van der Waals surface area contributed by atoms with Crippen LogP contribution >= 0.6 is 0 Å². The molecule has 0 amide bonds. The zero-order valence-corrected chi connectivity index (χ0v) is 9.40. The van der Waals surface area contributed by atoms with Gasteiger partial charge in [-0.15, -0.1) is 0 Å². The third kappa shape index (κ3) is 2.79. The average Bonchev–Trinajstić information content (AvgIpc) is 2.79. The molecule has 1 heterocycles. The molecule has 0 saturated heterocycles. The molecule has 1 aromatic rings. The number of aliphatic hydroxyl groups excluding tert-OH is 1. The van der Waals surface area contributed by atoms with E-state index in [1.54, 1.807) is 6.07 Å². The second-order valence-corrected chi connectivity index (χ2v) is 4.64. The van der Waals surface area contributed by atoms with Gasteiger partial charge in [-0.3, -0.25) is 4.98 Å². The van der Waals surface area contributed by atoms with Crippen LogP contribution in [0.25, 0.3) is 0 Å². The molecule has 1 N–H and O–H groups in total. The fourth-order valence-electron chi connectivity index (χ4n) is 2.50. The van der Waals surface area contributed by atoms with Crippen LogP contribution in [0, 0.1) is 11.7 Å². The van der Waals surface area contributed by atoms with E-state index in [2.05, 4.69) is 4.98 Å². The van der Waals surface area contributed by atoms with Crippen molar-refractivity contribution in [3.8, 4) is 0 Å². The Morgan fingerprint density at radius 3 is 2.88 bits per heavy atom. The van der Waals surface area contributed by atoms with Crippen molar-refractivity contribution in [3.05, 3.63) is 29.8 Å². The standard InChI is InChI=1S/C13H18FNO/c14-12-9-15-8-7-11(12)13(16)6-5-10-3-1-2-4-10/h7-10,13,16H,1-6H2. The number of aliphatic hydroxyl groups is 1. The molecular formula is C13H18FNO. The SMILES string of the molecule is OC(CCC1CCCC1)c1ccncc1F. The van der Waals surface area contributed by atoms with Crippen LogP contribution in [0.4, 0.5) is 4.39 Å². The van der Waals surface area contributed by atoms with Crippen LogP contribution in [-0.2, 0) is 0 Å². The first-order valence-electron chi connectivity index (χ1n) is 6.05. The predicted octanol–water partition coefficient (Wildman–Crippen LogP) is 3.22. The van der Waals surface area contributed by atoms with Gasteiger partial charge in [0.1, 0.15) is 5.82 Å². The predicted molar refractivity (Wildman–Crippen MR) is 60.3 cm³/mol. The number of hydrogen-bond acceptors (Lipinski definition) is 2. The average molecular weight is 223 g/mol. The first kappa shape index (κ1) is 11.5.